The highest BCUT2D eigenvalue weighted by atomic mass is 32.1. The van der Waals surface area contributed by atoms with Gasteiger partial charge in [0.05, 0.1) is 0 Å². The molecule has 0 saturated carbocycles. The van der Waals surface area contributed by atoms with Crippen LogP contribution >= 0.6 is 11.5 Å². The number of pyridine rings is 1. The number of nitrogens with zero attached hydrogens (tertiary/aromatic N) is 3. The number of aliphatic hydroxyl groups excluding tert-OH is 1. The molecule has 0 radical (unpaired) electrons. The van der Waals surface area contributed by atoms with Gasteiger partial charge in [0.2, 0.25) is 0 Å². The molecule has 2 aromatic rings. The van der Waals surface area contributed by atoms with E-state index in [1.54, 1.807) is 17.8 Å². The Morgan fingerprint density at radius 3 is 3.00 bits per heavy atom. The standard InChI is InChI=1S/C9H9N3OS/c1-6-2-3-10-4-7(6)9(13)8-5-14-12-11-8/h2-5,9,13H,1H3. The van der Waals surface area contributed by atoms with Gasteiger partial charge >= 0.3 is 0 Å². The van der Waals surface area contributed by atoms with Gasteiger partial charge in [-0.05, 0) is 30.1 Å². The molecule has 0 spiro atoms. The van der Waals surface area contributed by atoms with Gasteiger partial charge < -0.3 is 5.11 Å². The molecule has 2 aromatic heterocycles. The molecule has 72 valence electrons. The number of hydrogen-bond donors (Lipinski definition) is 1. The molecular formula is C9H9N3OS. The Kier molecular flexibility index (Phi) is 2.51. The Bertz CT molecular complexity index is 416. The molecule has 1 unspecified atom stereocenters. The highest BCUT2D eigenvalue weighted by Gasteiger charge is 2.15. The molecule has 2 heterocycles. The average molecular weight is 207 g/mol. The summed E-state index contributed by atoms with van der Waals surface area (Å²) in [6.45, 7) is 1.93. The van der Waals surface area contributed by atoms with Gasteiger partial charge in [0.25, 0.3) is 0 Å². The van der Waals surface area contributed by atoms with Gasteiger partial charge in [0, 0.05) is 23.3 Å². The summed E-state index contributed by atoms with van der Waals surface area (Å²) < 4.78 is 3.71. The molecule has 14 heavy (non-hydrogen) atoms. The second-order valence-corrected chi connectivity index (χ2v) is 3.57. The van der Waals surface area contributed by atoms with E-state index in [9.17, 15) is 5.11 Å². The van der Waals surface area contributed by atoms with Crippen LogP contribution in [0.4, 0.5) is 0 Å². The molecule has 0 bridgehead atoms. The van der Waals surface area contributed by atoms with Crippen molar-refractivity contribution in [3.8, 4) is 0 Å². The van der Waals surface area contributed by atoms with E-state index in [1.165, 1.54) is 11.5 Å². The third-order valence-electron chi connectivity index (χ3n) is 2.03. The molecule has 0 aliphatic heterocycles. The zero-order chi connectivity index (χ0) is 9.97. The molecule has 0 saturated heterocycles. The fourth-order valence-corrected chi connectivity index (χ4v) is 1.69. The van der Waals surface area contributed by atoms with E-state index in [4.69, 9.17) is 0 Å². The fraction of sp³-hybridized carbons (Fsp3) is 0.222. The lowest BCUT2D eigenvalue weighted by Crippen LogP contribution is -2.02. The Hall–Kier alpha value is -1.33. The Labute approximate surface area is 85.4 Å². The van der Waals surface area contributed by atoms with Crippen LogP contribution in [0.3, 0.4) is 0 Å². The van der Waals surface area contributed by atoms with Crippen molar-refractivity contribution in [1.29, 1.82) is 0 Å². The third kappa shape index (κ3) is 1.64. The van der Waals surface area contributed by atoms with Crippen LogP contribution in [-0.4, -0.2) is 19.7 Å². The molecule has 1 N–H and O–H groups in total. The average Bonchev–Trinajstić information content (AvgIpc) is 2.70. The van der Waals surface area contributed by atoms with Gasteiger partial charge in [-0.15, -0.1) is 5.10 Å². The summed E-state index contributed by atoms with van der Waals surface area (Å²) in [5, 5.41) is 15.5. The molecule has 5 heteroatoms. The number of aliphatic hydroxyl groups is 1. The lowest BCUT2D eigenvalue weighted by Gasteiger charge is -2.09. The van der Waals surface area contributed by atoms with Crippen LogP contribution in [0.5, 0.6) is 0 Å². The first-order valence-corrected chi connectivity index (χ1v) is 4.98. The monoisotopic (exact) mass is 207 g/mol. The summed E-state index contributed by atoms with van der Waals surface area (Å²) in [7, 11) is 0. The second kappa shape index (κ2) is 3.81. The molecular weight excluding hydrogens is 198 g/mol. The van der Waals surface area contributed by atoms with Gasteiger partial charge in [0.1, 0.15) is 11.8 Å². The lowest BCUT2D eigenvalue weighted by molar-refractivity contribution is 0.214. The van der Waals surface area contributed by atoms with Gasteiger partial charge in [-0.2, -0.15) is 0 Å². The third-order valence-corrected chi connectivity index (χ3v) is 2.55. The van der Waals surface area contributed by atoms with E-state index in [2.05, 4.69) is 14.6 Å². The summed E-state index contributed by atoms with van der Waals surface area (Å²) in [5.74, 6) is 0. The number of aromatic nitrogens is 3. The first kappa shape index (κ1) is 9.23. The van der Waals surface area contributed by atoms with Crippen LogP contribution in [0.25, 0.3) is 0 Å². The van der Waals surface area contributed by atoms with E-state index in [0.29, 0.717) is 5.69 Å². The molecule has 0 aromatic carbocycles. The maximum absolute atomic E-state index is 9.93. The van der Waals surface area contributed by atoms with Crippen molar-refractivity contribution >= 4 is 11.5 Å². The van der Waals surface area contributed by atoms with Crippen molar-refractivity contribution in [2.24, 2.45) is 0 Å². The minimum absolute atomic E-state index is 0.575. The summed E-state index contributed by atoms with van der Waals surface area (Å²) in [6.07, 6.45) is 2.63. The maximum atomic E-state index is 9.93. The summed E-state index contributed by atoms with van der Waals surface area (Å²) in [5.41, 5.74) is 2.35. The largest absolute Gasteiger partial charge is 0.382 e. The maximum Gasteiger partial charge on any atom is 0.125 e. The minimum atomic E-state index is -0.720. The van der Waals surface area contributed by atoms with E-state index < -0.39 is 6.10 Å². The lowest BCUT2D eigenvalue weighted by atomic mass is 10.1. The molecule has 1 atom stereocenters. The predicted molar refractivity (Wildman–Crippen MR) is 52.9 cm³/mol. The van der Waals surface area contributed by atoms with Crippen molar-refractivity contribution in [2.45, 2.75) is 13.0 Å². The molecule has 0 fully saturated rings. The highest BCUT2D eigenvalue weighted by Crippen LogP contribution is 2.22. The first-order chi connectivity index (χ1) is 6.79. The molecule has 0 aliphatic carbocycles. The van der Waals surface area contributed by atoms with Crippen LogP contribution in [0.2, 0.25) is 0 Å². The van der Waals surface area contributed by atoms with Crippen LogP contribution in [0.1, 0.15) is 22.9 Å². The van der Waals surface area contributed by atoms with Crippen molar-refractivity contribution in [1.82, 2.24) is 14.6 Å². The Morgan fingerprint density at radius 1 is 1.50 bits per heavy atom. The fourth-order valence-electron chi connectivity index (χ4n) is 1.21. The van der Waals surface area contributed by atoms with Crippen LogP contribution in [0, 0.1) is 6.92 Å². The number of hydrogen-bond acceptors (Lipinski definition) is 5. The van der Waals surface area contributed by atoms with E-state index in [-0.39, 0.29) is 0 Å². The van der Waals surface area contributed by atoms with Gasteiger partial charge in [-0.1, -0.05) is 4.49 Å². The zero-order valence-corrected chi connectivity index (χ0v) is 8.40. The predicted octanol–water partition coefficient (Wildman–Crippen LogP) is 1.32. The van der Waals surface area contributed by atoms with E-state index in [1.807, 2.05) is 13.0 Å². The molecule has 4 nitrogen and oxygen atoms in total. The summed E-state index contributed by atoms with van der Waals surface area (Å²) >= 11 is 1.23. The molecule has 0 aliphatic rings. The summed E-state index contributed by atoms with van der Waals surface area (Å²) in [6, 6.07) is 1.86. The highest BCUT2D eigenvalue weighted by molar-refractivity contribution is 7.03. The molecule has 0 amide bonds. The SMILES string of the molecule is Cc1ccncc1C(O)c1csnn1. The van der Waals surface area contributed by atoms with Gasteiger partial charge in [-0.3, -0.25) is 4.98 Å². The molecule has 2 rings (SSSR count). The second-order valence-electron chi connectivity index (χ2n) is 2.96. The Morgan fingerprint density at radius 2 is 2.36 bits per heavy atom. The van der Waals surface area contributed by atoms with E-state index in [0.717, 1.165) is 11.1 Å². The number of rotatable bonds is 2. The van der Waals surface area contributed by atoms with Crippen molar-refractivity contribution in [3.05, 3.63) is 40.7 Å². The summed E-state index contributed by atoms with van der Waals surface area (Å²) in [4.78, 5) is 3.97. The quantitative estimate of drug-likeness (QED) is 0.807. The zero-order valence-electron chi connectivity index (χ0n) is 7.58. The van der Waals surface area contributed by atoms with E-state index >= 15 is 0 Å². The normalized spacial score (nSPS) is 12.7. The van der Waals surface area contributed by atoms with Crippen LogP contribution in [-0.2, 0) is 0 Å². The first-order valence-electron chi connectivity index (χ1n) is 4.14. The number of aryl methyl sites for hydroxylation is 1. The van der Waals surface area contributed by atoms with Gasteiger partial charge in [-0.25, -0.2) is 0 Å². The van der Waals surface area contributed by atoms with Crippen molar-refractivity contribution in [3.63, 3.8) is 0 Å². The van der Waals surface area contributed by atoms with Crippen LogP contribution < -0.4 is 0 Å². The topological polar surface area (TPSA) is 58.9 Å². The minimum Gasteiger partial charge on any atom is -0.382 e. The van der Waals surface area contributed by atoms with Crippen molar-refractivity contribution in [2.75, 3.05) is 0 Å². The Balaban J connectivity index is 2.37. The smallest absolute Gasteiger partial charge is 0.125 e. The van der Waals surface area contributed by atoms with Crippen molar-refractivity contribution < 1.29 is 5.11 Å². The van der Waals surface area contributed by atoms with Gasteiger partial charge in [0.15, 0.2) is 0 Å². The van der Waals surface area contributed by atoms with Crippen LogP contribution in [0.15, 0.2) is 23.8 Å².